The SMILES string of the molecule is Cc1ccc2c(=O)[nH]c(CCCCCCC(=O)NO)nc2c1. The van der Waals surface area contributed by atoms with E-state index in [0.717, 1.165) is 36.8 Å². The van der Waals surface area contributed by atoms with Crippen LogP contribution in [0.25, 0.3) is 10.9 Å². The van der Waals surface area contributed by atoms with Crippen LogP contribution in [0, 0.1) is 6.92 Å². The summed E-state index contributed by atoms with van der Waals surface area (Å²) in [6, 6.07) is 5.62. The number of H-pyrrole nitrogens is 1. The predicted molar refractivity (Wildman–Crippen MR) is 83.8 cm³/mol. The zero-order chi connectivity index (χ0) is 15.9. The van der Waals surface area contributed by atoms with E-state index in [2.05, 4.69) is 9.97 Å². The second kappa shape index (κ2) is 7.70. The molecule has 2 rings (SSSR count). The molecule has 0 aliphatic rings. The van der Waals surface area contributed by atoms with Crippen molar-refractivity contribution in [2.75, 3.05) is 0 Å². The molecule has 118 valence electrons. The van der Waals surface area contributed by atoms with Gasteiger partial charge < -0.3 is 4.98 Å². The van der Waals surface area contributed by atoms with Crippen LogP contribution in [0.15, 0.2) is 23.0 Å². The second-order valence-electron chi connectivity index (χ2n) is 5.48. The van der Waals surface area contributed by atoms with Crippen LogP contribution in [-0.2, 0) is 11.2 Å². The van der Waals surface area contributed by atoms with Gasteiger partial charge in [-0.05, 0) is 37.5 Å². The number of nitrogens with one attached hydrogen (secondary N) is 2. The Morgan fingerprint density at radius 2 is 2.05 bits per heavy atom. The number of aryl methyl sites for hydroxylation is 2. The minimum Gasteiger partial charge on any atom is -0.310 e. The van der Waals surface area contributed by atoms with Gasteiger partial charge in [0.25, 0.3) is 5.56 Å². The maximum atomic E-state index is 12.0. The van der Waals surface area contributed by atoms with Crippen molar-refractivity contribution in [3.05, 3.63) is 39.9 Å². The molecule has 2 aromatic rings. The second-order valence-corrected chi connectivity index (χ2v) is 5.48. The van der Waals surface area contributed by atoms with Gasteiger partial charge in [0.2, 0.25) is 5.91 Å². The summed E-state index contributed by atoms with van der Waals surface area (Å²) in [5, 5.41) is 8.99. The standard InChI is InChI=1S/C16H21N3O3/c1-11-8-9-12-13(10-11)17-14(18-16(12)21)6-4-2-3-5-7-15(20)19-22/h8-10,22H,2-7H2,1H3,(H,19,20)(H,17,18,21). The van der Waals surface area contributed by atoms with E-state index in [9.17, 15) is 9.59 Å². The highest BCUT2D eigenvalue weighted by Gasteiger charge is 2.04. The van der Waals surface area contributed by atoms with Crippen LogP contribution < -0.4 is 11.0 Å². The Hall–Kier alpha value is -2.21. The Morgan fingerprint density at radius 1 is 1.27 bits per heavy atom. The van der Waals surface area contributed by atoms with Crippen molar-refractivity contribution in [3.63, 3.8) is 0 Å². The number of fused-ring (bicyclic) bond motifs is 1. The van der Waals surface area contributed by atoms with Crippen LogP contribution in [-0.4, -0.2) is 21.1 Å². The van der Waals surface area contributed by atoms with Gasteiger partial charge in [0.15, 0.2) is 0 Å². The van der Waals surface area contributed by atoms with E-state index in [0.29, 0.717) is 24.1 Å². The van der Waals surface area contributed by atoms with E-state index in [1.54, 1.807) is 11.5 Å². The maximum Gasteiger partial charge on any atom is 0.258 e. The molecular formula is C16H21N3O3. The third-order valence-corrected chi connectivity index (χ3v) is 3.60. The summed E-state index contributed by atoms with van der Waals surface area (Å²) in [5.41, 5.74) is 3.34. The van der Waals surface area contributed by atoms with Crippen molar-refractivity contribution in [1.82, 2.24) is 15.4 Å². The van der Waals surface area contributed by atoms with Gasteiger partial charge in [-0.15, -0.1) is 0 Å². The highest BCUT2D eigenvalue weighted by atomic mass is 16.5. The number of rotatable bonds is 7. The first-order valence-electron chi connectivity index (χ1n) is 7.52. The van der Waals surface area contributed by atoms with Crippen LogP contribution >= 0.6 is 0 Å². The first kappa shape index (κ1) is 16.2. The van der Waals surface area contributed by atoms with Gasteiger partial charge in [-0.1, -0.05) is 18.9 Å². The van der Waals surface area contributed by atoms with Crippen molar-refractivity contribution in [1.29, 1.82) is 0 Å². The molecule has 0 saturated heterocycles. The minimum atomic E-state index is -0.351. The quantitative estimate of drug-likeness (QED) is 0.415. The number of benzene rings is 1. The molecule has 0 spiro atoms. The Balaban J connectivity index is 1.87. The average Bonchev–Trinajstić information content (AvgIpc) is 2.50. The lowest BCUT2D eigenvalue weighted by molar-refractivity contribution is -0.129. The number of carbonyl (C=O) groups is 1. The third kappa shape index (κ3) is 4.39. The van der Waals surface area contributed by atoms with Crippen molar-refractivity contribution < 1.29 is 10.0 Å². The summed E-state index contributed by atoms with van der Waals surface area (Å²) in [7, 11) is 0. The fraction of sp³-hybridized carbons (Fsp3) is 0.438. The molecule has 0 bridgehead atoms. The molecule has 0 unspecified atom stereocenters. The van der Waals surface area contributed by atoms with E-state index < -0.39 is 0 Å². The summed E-state index contributed by atoms with van der Waals surface area (Å²) in [4.78, 5) is 30.2. The fourth-order valence-electron chi connectivity index (χ4n) is 2.40. The molecule has 1 aromatic carbocycles. The highest BCUT2D eigenvalue weighted by molar-refractivity contribution is 5.78. The molecule has 6 nitrogen and oxygen atoms in total. The monoisotopic (exact) mass is 303 g/mol. The molecule has 1 aromatic heterocycles. The molecule has 0 fully saturated rings. The maximum absolute atomic E-state index is 12.0. The first-order chi connectivity index (χ1) is 10.6. The Morgan fingerprint density at radius 3 is 2.82 bits per heavy atom. The lowest BCUT2D eigenvalue weighted by atomic mass is 10.1. The molecule has 3 N–H and O–H groups in total. The number of aromatic nitrogens is 2. The summed E-state index contributed by atoms with van der Waals surface area (Å²) in [6.45, 7) is 1.98. The first-order valence-corrected chi connectivity index (χ1v) is 7.52. The lowest BCUT2D eigenvalue weighted by Crippen LogP contribution is -2.17. The molecule has 0 radical (unpaired) electrons. The van der Waals surface area contributed by atoms with Crippen LogP contribution in [0.1, 0.15) is 43.5 Å². The topological polar surface area (TPSA) is 95.1 Å². The third-order valence-electron chi connectivity index (χ3n) is 3.60. The molecular weight excluding hydrogens is 282 g/mol. The van der Waals surface area contributed by atoms with Gasteiger partial charge in [0.1, 0.15) is 5.82 Å². The Bertz CT molecular complexity index is 709. The van der Waals surface area contributed by atoms with E-state index in [1.807, 2.05) is 19.1 Å². The largest absolute Gasteiger partial charge is 0.310 e. The van der Waals surface area contributed by atoms with Crippen LogP contribution in [0.3, 0.4) is 0 Å². The molecule has 0 atom stereocenters. The Labute approximate surface area is 128 Å². The molecule has 1 heterocycles. The molecule has 0 aliphatic carbocycles. The number of hydrogen-bond donors (Lipinski definition) is 3. The number of hydrogen-bond acceptors (Lipinski definition) is 4. The zero-order valence-electron chi connectivity index (χ0n) is 12.7. The molecule has 0 aliphatic heterocycles. The summed E-state index contributed by atoms with van der Waals surface area (Å²) in [5.74, 6) is 0.354. The lowest BCUT2D eigenvalue weighted by Gasteiger charge is -2.04. The number of hydroxylamine groups is 1. The predicted octanol–water partition coefficient (Wildman–Crippen LogP) is 2.23. The van der Waals surface area contributed by atoms with Gasteiger partial charge in [-0.3, -0.25) is 14.8 Å². The molecule has 1 amide bonds. The fourth-order valence-corrected chi connectivity index (χ4v) is 2.40. The van der Waals surface area contributed by atoms with Crippen molar-refractivity contribution >= 4 is 16.8 Å². The van der Waals surface area contributed by atoms with E-state index in [-0.39, 0.29) is 11.5 Å². The number of carbonyl (C=O) groups excluding carboxylic acids is 1. The highest BCUT2D eigenvalue weighted by Crippen LogP contribution is 2.11. The smallest absolute Gasteiger partial charge is 0.258 e. The summed E-state index contributed by atoms with van der Waals surface area (Å²) < 4.78 is 0. The normalized spacial score (nSPS) is 10.8. The van der Waals surface area contributed by atoms with E-state index >= 15 is 0 Å². The Kier molecular flexibility index (Phi) is 5.66. The number of nitrogens with zero attached hydrogens (tertiary/aromatic N) is 1. The number of amides is 1. The van der Waals surface area contributed by atoms with Gasteiger partial charge >= 0.3 is 0 Å². The molecule has 0 saturated carbocycles. The summed E-state index contributed by atoms with van der Waals surface area (Å²) >= 11 is 0. The van der Waals surface area contributed by atoms with Gasteiger partial charge in [0.05, 0.1) is 10.9 Å². The van der Waals surface area contributed by atoms with Crippen molar-refractivity contribution in [2.45, 2.75) is 45.4 Å². The van der Waals surface area contributed by atoms with E-state index in [4.69, 9.17) is 5.21 Å². The number of aromatic amines is 1. The summed E-state index contributed by atoms with van der Waals surface area (Å²) in [6.07, 6.45) is 4.55. The zero-order valence-corrected chi connectivity index (χ0v) is 12.7. The van der Waals surface area contributed by atoms with Crippen LogP contribution in [0.5, 0.6) is 0 Å². The van der Waals surface area contributed by atoms with Gasteiger partial charge in [-0.2, -0.15) is 0 Å². The van der Waals surface area contributed by atoms with Crippen LogP contribution in [0.4, 0.5) is 0 Å². The van der Waals surface area contributed by atoms with E-state index in [1.165, 1.54) is 0 Å². The molecule has 6 heteroatoms. The van der Waals surface area contributed by atoms with Crippen molar-refractivity contribution in [2.24, 2.45) is 0 Å². The van der Waals surface area contributed by atoms with Crippen LogP contribution in [0.2, 0.25) is 0 Å². The number of unbranched alkanes of at least 4 members (excludes halogenated alkanes) is 3. The van der Waals surface area contributed by atoms with Crippen molar-refractivity contribution in [3.8, 4) is 0 Å². The molecule has 22 heavy (non-hydrogen) atoms. The average molecular weight is 303 g/mol. The van der Waals surface area contributed by atoms with Gasteiger partial charge in [0, 0.05) is 12.8 Å². The minimum absolute atomic E-state index is 0.0976. The van der Waals surface area contributed by atoms with Gasteiger partial charge in [-0.25, -0.2) is 10.5 Å².